The van der Waals surface area contributed by atoms with E-state index in [9.17, 15) is 14.7 Å². The third kappa shape index (κ3) is 4.78. The third-order valence-corrected chi connectivity index (χ3v) is 2.84. The van der Waals surface area contributed by atoms with Crippen molar-refractivity contribution < 1.29 is 19.8 Å². The van der Waals surface area contributed by atoms with Gasteiger partial charge in [-0.25, -0.2) is 4.79 Å². The predicted molar refractivity (Wildman–Crippen MR) is 75.8 cm³/mol. The number of aliphatic carboxylic acids is 1. The quantitative estimate of drug-likeness (QED) is 0.746. The van der Waals surface area contributed by atoms with E-state index in [4.69, 9.17) is 10.4 Å². The third-order valence-electron chi connectivity index (χ3n) is 2.84. The molecular formula is C14H17N3O4. The predicted octanol–water partition coefficient (Wildman–Crippen LogP) is 0.930. The average molecular weight is 291 g/mol. The lowest BCUT2D eigenvalue weighted by molar-refractivity contribution is -0.141. The minimum Gasteiger partial charge on any atom is -0.481 e. The van der Waals surface area contributed by atoms with Crippen LogP contribution in [0.5, 0.6) is 0 Å². The van der Waals surface area contributed by atoms with E-state index in [0.717, 1.165) is 0 Å². The number of hydrogen-bond acceptors (Lipinski definition) is 4. The van der Waals surface area contributed by atoms with Crippen molar-refractivity contribution >= 4 is 17.7 Å². The van der Waals surface area contributed by atoms with Crippen molar-refractivity contribution in [2.24, 2.45) is 0 Å². The summed E-state index contributed by atoms with van der Waals surface area (Å²) in [6, 6.07) is 8.03. The molecule has 1 atom stereocenters. The van der Waals surface area contributed by atoms with Crippen molar-refractivity contribution in [1.82, 2.24) is 5.32 Å². The maximum absolute atomic E-state index is 12.0. The highest BCUT2D eigenvalue weighted by molar-refractivity contribution is 5.92. The molecule has 0 aromatic heterocycles. The number of nitrogens with zero attached hydrogens (tertiary/aromatic N) is 2. The first-order chi connectivity index (χ1) is 9.76. The topological polar surface area (TPSA) is 114 Å². The number of anilines is 1. The maximum atomic E-state index is 12.0. The van der Waals surface area contributed by atoms with Crippen LogP contribution in [0.15, 0.2) is 24.3 Å². The van der Waals surface area contributed by atoms with E-state index < -0.39 is 24.0 Å². The van der Waals surface area contributed by atoms with Gasteiger partial charge in [-0.15, -0.1) is 0 Å². The highest BCUT2D eigenvalue weighted by Crippen LogP contribution is 2.18. The first-order valence-corrected chi connectivity index (χ1v) is 6.22. The number of urea groups is 1. The lowest BCUT2D eigenvalue weighted by Crippen LogP contribution is -2.46. The van der Waals surface area contributed by atoms with Crippen LogP contribution in [-0.2, 0) is 4.79 Å². The SMILES string of the molecule is CN(C(=O)NCC(C)(O)CC(=O)O)c1ccccc1C#N. The summed E-state index contributed by atoms with van der Waals surface area (Å²) in [7, 11) is 1.48. The number of aliphatic hydroxyl groups is 1. The van der Waals surface area contributed by atoms with Crippen LogP contribution in [0, 0.1) is 11.3 Å². The second-order valence-electron chi connectivity index (χ2n) is 4.91. The molecule has 0 bridgehead atoms. The minimum absolute atomic E-state index is 0.211. The number of carboxylic acids is 1. The Bertz CT molecular complexity index is 578. The molecule has 2 amide bonds. The van der Waals surface area contributed by atoms with Crippen molar-refractivity contribution in [1.29, 1.82) is 5.26 Å². The van der Waals surface area contributed by atoms with E-state index in [-0.39, 0.29) is 6.54 Å². The first-order valence-electron chi connectivity index (χ1n) is 6.22. The van der Waals surface area contributed by atoms with Gasteiger partial charge in [0.05, 0.1) is 23.3 Å². The number of benzene rings is 1. The second kappa shape index (κ2) is 6.72. The molecule has 7 nitrogen and oxygen atoms in total. The van der Waals surface area contributed by atoms with Crippen LogP contribution >= 0.6 is 0 Å². The van der Waals surface area contributed by atoms with Gasteiger partial charge in [-0.2, -0.15) is 5.26 Å². The van der Waals surface area contributed by atoms with Crippen molar-refractivity contribution in [2.75, 3.05) is 18.5 Å². The summed E-state index contributed by atoms with van der Waals surface area (Å²) in [5, 5.41) is 29.9. The molecule has 0 aliphatic rings. The smallest absolute Gasteiger partial charge is 0.321 e. The molecule has 1 aromatic rings. The van der Waals surface area contributed by atoms with Gasteiger partial charge >= 0.3 is 12.0 Å². The number of amides is 2. The first kappa shape index (κ1) is 16.5. The van der Waals surface area contributed by atoms with Crippen LogP contribution in [0.2, 0.25) is 0 Å². The standard InChI is InChI=1S/C14H17N3O4/c1-14(21,7-12(18)19)9-16-13(20)17(2)11-6-4-3-5-10(11)8-15/h3-6,21H,7,9H2,1-2H3,(H,16,20)(H,18,19). The minimum atomic E-state index is -1.54. The van der Waals surface area contributed by atoms with Gasteiger partial charge in [0.25, 0.3) is 0 Å². The molecule has 1 unspecified atom stereocenters. The van der Waals surface area contributed by atoms with E-state index in [1.165, 1.54) is 18.9 Å². The van der Waals surface area contributed by atoms with Gasteiger partial charge < -0.3 is 15.5 Å². The summed E-state index contributed by atoms with van der Waals surface area (Å²) in [4.78, 5) is 23.8. The Morgan fingerprint density at radius 3 is 2.62 bits per heavy atom. The lowest BCUT2D eigenvalue weighted by Gasteiger charge is -2.24. The summed E-state index contributed by atoms with van der Waals surface area (Å²) < 4.78 is 0. The monoisotopic (exact) mass is 291 g/mol. The number of nitriles is 1. The number of carbonyl (C=O) groups is 2. The Morgan fingerprint density at radius 2 is 2.05 bits per heavy atom. The second-order valence-corrected chi connectivity index (χ2v) is 4.91. The molecule has 112 valence electrons. The number of carboxylic acid groups (broad SMARTS) is 1. The zero-order valence-corrected chi connectivity index (χ0v) is 11.8. The Kier molecular flexibility index (Phi) is 5.27. The van der Waals surface area contributed by atoms with Gasteiger partial charge in [0, 0.05) is 13.6 Å². The Morgan fingerprint density at radius 1 is 1.43 bits per heavy atom. The van der Waals surface area contributed by atoms with Crippen LogP contribution in [0.1, 0.15) is 18.9 Å². The average Bonchev–Trinajstić information content (AvgIpc) is 2.42. The van der Waals surface area contributed by atoms with Gasteiger partial charge in [0.1, 0.15) is 6.07 Å². The summed E-state index contributed by atoms with van der Waals surface area (Å²) in [6.07, 6.45) is -0.480. The fourth-order valence-electron chi connectivity index (χ4n) is 1.74. The van der Waals surface area contributed by atoms with Gasteiger partial charge in [0.2, 0.25) is 0 Å². The molecule has 0 saturated carbocycles. The number of nitrogens with one attached hydrogen (secondary N) is 1. The van der Waals surface area contributed by atoms with E-state index in [1.54, 1.807) is 24.3 Å². The molecule has 7 heteroatoms. The fourth-order valence-corrected chi connectivity index (χ4v) is 1.74. The van der Waals surface area contributed by atoms with Crippen molar-refractivity contribution in [2.45, 2.75) is 18.9 Å². The largest absolute Gasteiger partial charge is 0.481 e. The summed E-state index contributed by atoms with van der Waals surface area (Å²) in [5.41, 5.74) is -0.778. The summed E-state index contributed by atoms with van der Waals surface area (Å²) >= 11 is 0. The Hall–Kier alpha value is -2.59. The van der Waals surface area contributed by atoms with Crippen LogP contribution in [0.25, 0.3) is 0 Å². The molecule has 0 spiro atoms. The molecule has 0 aliphatic heterocycles. The van der Waals surface area contributed by atoms with Gasteiger partial charge in [-0.1, -0.05) is 12.1 Å². The maximum Gasteiger partial charge on any atom is 0.321 e. The summed E-state index contributed by atoms with van der Waals surface area (Å²) in [6.45, 7) is 1.11. The van der Waals surface area contributed by atoms with E-state index in [2.05, 4.69) is 5.32 Å². The lowest BCUT2D eigenvalue weighted by atomic mass is 10.0. The molecule has 3 N–H and O–H groups in total. The molecule has 0 saturated heterocycles. The van der Waals surface area contributed by atoms with Crippen LogP contribution in [-0.4, -0.2) is 41.4 Å². The van der Waals surface area contributed by atoms with Crippen molar-refractivity contribution in [3.8, 4) is 6.07 Å². The zero-order chi connectivity index (χ0) is 16.0. The Labute approximate surface area is 122 Å². The van der Waals surface area contributed by atoms with E-state index in [1.807, 2.05) is 6.07 Å². The highest BCUT2D eigenvalue weighted by Gasteiger charge is 2.25. The summed E-state index contributed by atoms with van der Waals surface area (Å²) in [5.74, 6) is -1.16. The van der Waals surface area contributed by atoms with Crippen molar-refractivity contribution in [3.63, 3.8) is 0 Å². The van der Waals surface area contributed by atoms with Crippen LogP contribution in [0.4, 0.5) is 10.5 Å². The van der Waals surface area contributed by atoms with Crippen LogP contribution < -0.4 is 10.2 Å². The number of para-hydroxylation sites is 1. The number of rotatable bonds is 5. The van der Waals surface area contributed by atoms with Crippen LogP contribution in [0.3, 0.4) is 0 Å². The molecule has 1 aromatic carbocycles. The number of hydrogen-bond donors (Lipinski definition) is 3. The van der Waals surface area contributed by atoms with Crippen molar-refractivity contribution in [3.05, 3.63) is 29.8 Å². The molecule has 0 heterocycles. The zero-order valence-electron chi connectivity index (χ0n) is 11.8. The molecule has 0 radical (unpaired) electrons. The Balaban J connectivity index is 2.72. The normalized spacial score (nSPS) is 12.9. The molecule has 1 rings (SSSR count). The van der Waals surface area contributed by atoms with E-state index >= 15 is 0 Å². The molecule has 0 fully saturated rings. The van der Waals surface area contributed by atoms with E-state index in [0.29, 0.717) is 11.3 Å². The highest BCUT2D eigenvalue weighted by atomic mass is 16.4. The van der Waals surface area contributed by atoms with Gasteiger partial charge in [-0.3, -0.25) is 9.69 Å². The van der Waals surface area contributed by atoms with Gasteiger partial charge in [-0.05, 0) is 19.1 Å². The molecule has 0 aliphatic carbocycles. The molecular weight excluding hydrogens is 274 g/mol. The molecule has 21 heavy (non-hydrogen) atoms. The number of carbonyl (C=O) groups excluding carboxylic acids is 1. The fraction of sp³-hybridized carbons (Fsp3) is 0.357. The van der Waals surface area contributed by atoms with Gasteiger partial charge in [0.15, 0.2) is 0 Å².